The highest BCUT2D eigenvalue weighted by molar-refractivity contribution is 5.76. The van der Waals surface area contributed by atoms with Gasteiger partial charge in [0.05, 0.1) is 13.0 Å². The lowest BCUT2D eigenvalue weighted by Gasteiger charge is -2.16. The topological polar surface area (TPSA) is 69.0 Å². The lowest BCUT2D eigenvalue weighted by molar-refractivity contribution is -0.122. The van der Waals surface area contributed by atoms with Gasteiger partial charge in [-0.05, 0) is 30.5 Å². The average Bonchev–Trinajstić information content (AvgIpc) is 3.01. The van der Waals surface area contributed by atoms with Gasteiger partial charge in [-0.1, -0.05) is 48.5 Å². The van der Waals surface area contributed by atoms with E-state index in [2.05, 4.69) is 32.2 Å². The molecule has 2 heterocycles. The minimum Gasteiger partial charge on any atom is -0.493 e. The lowest BCUT2D eigenvalue weighted by Crippen LogP contribution is -2.35. The Morgan fingerprint density at radius 2 is 1.79 bits per heavy atom. The van der Waals surface area contributed by atoms with Crippen LogP contribution in [0.5, 0.6) is 5.75 Å². The van der Waals surface area contributed by atoms with Crippen LogP contribution in [-0.2, 0) is 24.2 Å². The van der Waals surface area contributed by atoms with Gasteiger partial charge < -0.3 is 14.6 Å². The number of benzene rings is 2. The summed E-state index contributed by atoms with van der Waals surface area (Å²) in [5, 5.41) is 11.9. The van der Waals surface area contributed by atoms with Gasteiger partial charge >= 0.3 is 0 Å². The molecular formula is C23H26N4O2. The third-order valence-electron chi connectivity index (χ3n) is 5.23. The Hall–Kier alpha value is -3.15. The third-order valence-corrected chi connectivity index (χ3v) is 5.23. The van der Waals surface area contributed by atoms with Crippen LogP contribution in [0.4, 0.5) is 0 Å². The van der Waals surface area contributed by atoms with Crippen LogP contribution in [0.1, 0.15) is 36.5 Å². The monoisotopic (exact) mass is 390 g/mol. The predicted octanol–water partition coefficient (Wildman–Crippen LogP) is 3.16. The quantitative estimate of drug-likeness (QED) is 0.673. The molecule has 150 valence electrons. The van der Waals surface area contributed by atoms with E-state index in [1.54, 1.807) is 0 Å². The van der Waals surface area contributed by atoms with Crippen molar-refractivity contribution in [2.75, 3.05) is 6.61 Å². The van der Waals surface area contributed by atoms with Crippen LogP contribution in [0, 0.1) is 0 Å². The van der Waals surface area contributed by atoms with Crippen molar-refractivity contribution in [3.8, 4) is 5.75 Å². The van der Waals surface area contributed by atoms with E-state index in [-0.39, 0.29) is 11.9 Å². The first-order valence-corrected chi connectivity index (χ1v) is 10.2. The number of aryl methyl sites for hydroxylation is 1. The van der Waals surface area contributed by atoms with Gasteiger partial charge in [-0.15, -0.1) is 10.2 Å². The SMILES string of the molecule is O=C(CCOc1ccccc1)NC1CCc2nnc(Cc3ccccc3)n2CC1. The molecule has 0 bridgehead atoms. The minimum atomic E-state index is 0.0353. The average molecular weight is 390 g/mol. The fraction of sp³-hybridized carbons (Fsp3) is 0.348. The smallest absolute Gasteiger partial charge is 0.223 e. The molecule has 1 N–H and O–H groups in total. The third kappa shape index (κ3) is 5.22. The van der Waals surface area contributed by atoms with Crippen LogP contribution < -0.4 is 10.1 Å². The number of carbonyl (C=O) groups is 1. The molecule has 1 amide bonds. The first-order valence-electron chi connectivity index (χ1n) is 10.2. The standard InChI is InChI=1S/C23H26N4O2/c28-23(14-16-29-20-9-5-2-6-10-20)24-19-11-12-21-25-26-22(27(21)15-13-19)17-18-7-3-1-4-8-18/h1-10,19H,11-17H2,(H,24,28). The fourth-order valence-electron chi connectivity index (χ4n) is 3.68. The predicted molar refractivity (Wildman–Crippen MR) is 111 cm³/mol. The van der Waals surface area contributed by atoms with Gasteiger partial charge in [-0.25, -0.2) is 0 Å². The van der Waals surface area contributed by atoms with Crippen LogP contribution in [0.2, 0.25) is 0 Å². The zero-order valence-corrected chi connectivity index (χ0v) is 16.5. The Balaban J connectivity index is 1.27. The maximum absolute atomic E-state index is 12.3. The summed E-state index contributed by atoms with van der Waals surface area (Å²) in [6.07, 6.45) is 3.73. The summed E-state index contributed by atoms with van der Waals surface area (Å²) < 4.78 is 7.84. The Kier molecular flexibility index (Phi) is 6.19. The summed E-state index contributed by atoms with van der Waals surface area (Å²) in [6, 6.07) is 20.1. The lowest BCUT2D eigenvalue weighted by atomic mass is 10.1. The molecule has 0 saturated heterocycles. The second kappa shape index (κ2) is 9.37. The molecule has 0 fully saturated rings. The van der Waals surface area contributed by atoms with Gasteiger partial charge in [0.25, 0.3) is 0 Å². The highest BCUT2D eigenvalue weighted by atomic mass is 16.5. The Bertz CT molecular complexity index is 925. The molecule has 3 aromatic rings. The molecule has 1 atom stereocenters. The number of hydrogen-bond donors (Lipinski definition) is 1. The van der Waals surface area contributed by atoms with E-state index in [9.17, 15) is 4.79 Å². The molecule has 0 spiro atoms. The fourth-order valence-corrected chi connectivity index (χ4v) is 3.68. The van der Waals surface area contributed by atoms with Crippen LogP contribution in [0.25, 0.3) is 0 Å². The van der Waals surface area contributed by atoms with Gasteiger partial charge in [0.15, 0.2) is 0 Å². The molecule has 1 unspecified atom stereocenters. The van der Waals surface area contributed by atoms with Crippen LogP contribution >= 0.6 is 0 Å². The van der Waals surface area contributed by atoms with E-state index in [1.807, 2.05) is 48.5 Å². The number of rotatable bonds is 7. The number of ether oxygens (including phenoxy) is 1. The van der Waals surface area contributed by atoms with Gasteiger partial charge in [0, 0.05) is 25.4 Å². The van der Waals surface area contributed by atoms with Gasteiger partial charge in [0.2, 0.25) is 5.91 Å². The molecule has 4 rings (SSSR count). The second-order valence-electron chi connectivity index (χ2n) is 7.35. The largest absolute Gasteiger partial charge is 0.493 e. The maximum Gasteiger partial charge on any atom is 0.223 e. The van der Waals surface area contributed by atoms with Crippen molar-refractivity contribution in [1.82, 2.24) is 20.1 Å². The second-order valence-corrected chi connectivity index (χ2v) is 7.35. The van der Waals surface area contributed by atoms with E-state index < -0.39 is 0 Å². The minimum absolute atomic E-state index is 0.0353. The van der Waals surface area contributed by atoms with Crippen molar-refractivity contribution in [3.05, 3.63) is 77.9 Å². The first-order chi connectivity index (χ1) is 14.3. The van der Waals surface area contributed by atoms with E-state index in [0.29, 0.717) is 13.0 Å². The van der Waals surface area contributed by atoms with Gasteiger partial charge in [0.1, 0.15) is 17.4 Å². The Labute approximate surface area is 170 Å². The molecule has 0 radical (unpaired) electrons. The summed E-state index contributed by atoms with van der Waals surface area (Å²) in [6.45, 7) is 1.21. The van der Waals surface area contributed by atoms with E-state index in [0.717, 1.165) is 49.6 Å². The van der Waals surface area contributed by atoms with Gasteiger partial charge in [-0.3, -0.25) is 4.79 Å². The number of hydrogen-bond acceptors (Lipinski definition) is 4. The summed E-state index contributed by atoms with van der Waals surface area (Å²) in [7, 11) is 0. The molecule has 0 saturated carbocycles. The summed E-state index contributed by atoms with van der Waals surface area (Å²) in [5.74, 6) is 2.83. The molecule has 0 aliphatic carbocycles. The van der Waals surface area contributed by atoms with Crippen molar-refractivity contribution in [2.24, 2.45) is 0 Å². The van der Waals surface area contributed by atoms with E-state index >= 15 is 0 Å². The van der Waals surface area contributed by atoms with Crippen molar-refractivity contribution >= 4 is 5.91 Å². The highest BCUT2D eigenvalue weighted by Gasteiger charge is 2.21. The summed E-state index contributed by atoms with van der Waals surface area (Å²) in [5.41, 5.74) is 1.23. The number of nitrogens with one attached hydrogen (secondary N) is 1. The van der Waals surface area contributed by atoms with Crippen molar-refractivity contribution in [2.45, 2.75) is 44.7 Å². The number of carbonyl (C=O) groups excluding carboxylic acids is 1. The summed E-state index contributed by atoms with van der Waals surface area (Å²) in [4.78, 5) is 12.3. The molecule has 1 aliphatic rings. The molecule has 1 aromatic heterocycles. The van der Waals surface area contributed by atoms with Crippen molar-refractivity contribution in [1.29, 1.82) is 0 Å². The zero-order valence-electron chi connectivity index (χ0n) is 16.5. The first kappa shape index (κ1) is 19.2. The molecule has 6 nitrogen and oxygen atoms in total. The Morgan fingerprint density at radius 1 is 1.03 bits per heavy atom. The zero-order chi connectivity index (χ0) is 19.9. The van der Waals surface area contributed by atoms with Crippen LogP contribution in [-0.4, -0.2) is 33.3 Å². The molecule has 1 aliphatic heterocycles. The van der Waals surface area contributed by atoms with Crippen molar-refractivity contribution < 1.29 is 9.53 Å². The van der Waals surface area contributed by atoms with Gasteiger partial charge in [-0.2, -0.15) is 0 Å². The Morgan fingerprint density at radius 3 is 2.59 bits per heavy atom. The highest BCUT2D eigenvalue weighted by Crippen LogP contribution is 2.17. The number of amides is 1. The van der Waals surface area contributed by atoms with E-state index in [1.165, 1.54) is 5.56 Å². The molecule has 6 heteroatoms. The summed E-state index contributed by atoms with van der Waals surface area (Å²) >= 11 is 0. The number of para-hydroxylation sites is 1. The molecule has 29 heavy (non-hydrogen) atoms. The van der Waals surface area contributed by atoms with Crippen LogP contribution in [0.15, 0.2) is 60.7 Å². The molecule has 2 aromatic carbocycles. The maximum atomic E-state index is 12.3. The number of aromatic nitrogens is 3. The van der Waals surface area contributed by atoms with Crippen LogP contribution in [0.3, 0.4) is 0 Å². The normalized spacial score (nSPS) is 15.9. The van der Waals surface area contributed by atoms with Crippen molar-refractivity contribution in [3.63, 3.8) is 0 Å². The number of nitrogens with zero attached hydrogens (tertiary/aromatic N) is 3. The van der Waals surface area contributed by atoms with E-state index in [4.69, 9.17) is 4.74 Å². The number of fused-ring (bicyclic) bond motifs is 1. The molecular weight excluding hydrogens is 364 g/mol.